The summed E-state index contributed by atoms with van der Waals surface area (Å²) in [5.74, 6) is -2.69. The van der Waals surface area contributed by atoms with Gasteiger partial charge in [-0.15, -0.1) is 0 Å². The standard InChI is InChI=1S/C15H13F2NO3S2/c1-10(19)11-2-8-14(9-3-11)23(20,21)18-12-4-6-13(7-5-12)22-15(16)17/h2-9,15,18H,1H3. The molecule has 0 amide bonds. The number of nitrogens with one attached hydrogen (secondary N) is 1. The molecule has 2 aromatic rings. The van der Waals surface area contributed by atoms with Crippen LogP contribution in [0.25, 0.3) is 0 Å². The van der Waals surface area contributed by atoms with Crippen LogP contribution in [0.3, 0.4) is 0 Å². The van der Waals surface area contributed by atoms with E-state index in [0.717, 1.165) is 0 Å². The lowest BCUT2D eigenvalue weighted by atomic mass is 10.2. The van der Waals surface area contributed by atoms with Crippen LogP contribution in [0.1, 0.15) is 17.3 Å². The monoisotopic (exact) mass is 357 g/mol. The molecule has 122 valence electrons. The predicted molar refractivity (Wildman–Crippen MR) is 85.6 cm³/mol. The molecule has 0 aliphatic carbocycles. The lowest BCUT2D eigenvalue weighted by Gasteiger charge is -2.09. The minimum Gasteiger partial charge on any atom is -0.295 e. The van der Waals surface area contributed by atoms with Gasteiger partial charge in [0.1, 0.15) is 0 Å². The van der Waals surface area contributed by atoms with Gasteiger partial charge >= 0.3 is 0 Å². The number of thioether (sulfide) groups is 1. The van der Waals surface area contributed by atoms with Crippen molar-refractivity contribution in [2.45, 2.75) is 22.5 Å². The zero-order valence-corrected chi connectivity index (χ0v) is 13.6. The quantitative estimate of drug-likeness (QED) is 0.627. The number of sulfonamides is 1. The van der Waals surface area contributed by atoms with Crippen molar-refractivity contribution in [3.05, 3.63) is 54.1 Å². The van der Waals surface area contributed by atoms with E-state index in [0.29, 0.717) is 22.2 Å². The highest BCUT2D eigenvalue weighted by molar-refractivity contribution is 7.99. The van der Waals surface area contributed by atoms with Crippen LogP contribution >= 0.6 is 11.8 Å². The first-order valence-corrected chi connectivity index (χ1v) is 8.83. The number of benzene rings is 2. The number of carbonyl (C=O) groups is 1. The molecule has 1 N–H and O–H groups in total. The van der Waals surface area contributed by atoms with E-state index >= 15 is 0 Å². The Balaban J connectivity index is 2.15. The maximum atomic E-state index is 12.2. The third-order valence-corrected chi connectivity index (χ3v) is 5.02. The highest BCUT2D eigenvalue weighted by atomic mass is 32.2. The van der Waals surface area contributed by atoms with E-state index in [1.807, 2.05) is 0 Å². The average Bonchev–Trinajstić information content (AvgIpc) is 2.48. The fourth-order valence-electron chi connectivity index (χ4n) is 1.79. The number of hydrogen-bond donors (Lipinski definition) is 1. The Morgan fingerprint density at radius 2 is 1.61 bits per heavy atom. The van der Waals surface area contributed by atoms with Gasteiger partial charge in [0.25, 0.3) is 15.8 Å². The lowest BCUT2D eigenvalue weighted by molar-refractivity contribution is 0.101. The van der Waals surface area contributed by atoms with E-state index < -0.39 is 15.8 Å². The zero-order valence-electron chi connectivity index (χ0n) is 12.0. The Morgan fingerprint density at radius 3 is 2.09 bits per heavy atom. The van der Waals surface area contributed by atoms with Gasteiger partial charge in [0.05, 0.1) is 4.90 Å². The van der Waals surface area contributed by atoms with E-state index in [1.54, 1.807) is 0 Å². The van der Waals surface area contributed by atoms with E-state index in [1.165, 1.54) is 55.5 Å². The summed E-state index contributed by atoms with van der Waals surface area (Å²) in [7, 11) is -3.81. The SMILES string of the molecule is CC(=O)c1ccc(S(=O)(=O)Nc2ccc(SC(F)F)cc2)cc1. The topological polar surface area (TPSA) is 63.2 Å². The summed E-state index contributed by atoms with van der Waals surface area (Å²) in [5.41, 5.74) is 0.677. The van der Waals surface area contributed by atoms with Crippen molar-refractivity contribution >= 4 is 33.3 Å². The molecule has 0 saturated heterocycles. The second-order valence-corrected chi connectivity index (χ2v) is 7.33. The molecule has 8 heteroatoms. The second-order valence-electron chi connectivity index (χ2n) is 4.59. The smallest absolute Gasteiger partial charge is 0.288 e. The minimum atomic E-state index is -3.81. The molecule has 0 aliphatic heterocycles. The number of ketones is 1. The first-order chi connectivity index (χ1) is 10.8. The van der Waals surface area contributed by atoms with Crippen LogP contribution in [0.2, 0.25) is 0 Å². The fourth-order valence-corrected chi connectivity index (χ4v) is 3.34. The van der Waals surface area contributed by atoms with Gasteiger partial charge in [-0.3, -0.25) is 9.52 Å². The predicted octanol–water partition coefficient (Wildman–Crippen LogP) is 4.00. The molecular formula is C15H13F2NO3S2. The molecule has 0 saturated carbocycles. The van der Waals surface area contributed by atoms with Gasteiger partial charge in [-0.1, -0.05) is 23.9 Å². The summed E-state index contributed by atoms with van der Waals surface area (Å²) < 4.78 is 51.3. The Labute approximate surface area is 137 Å². The highest BCUT2D eigenvalue weighted by Gasteiger charge is 2.15. The molecular weight excluding hydrogens is 344 g/mol. The van der Waals surface area contributed by atoms with Crippen LogP contribution < -0.4 is 4.72 Å². The summed E-state index contributed by atoms with van der Waals surface area (Å²) in [6, 6.07) is 11.2. The van der Waals surface area contributed by atoms with E-state index in [4.69, 9.17) is 0 Å². The number of rotatable bonds is 6. The minimum absolute atomic E-state index is 0.00790. The molecule has 0 radical (unpaired) electrons. The average molecular weight is 357 g/mol. The summed E-state index contributed by atoms with van der Waals surface area (Å²) in [6.07, 6.45) is 0. The molecule has 2 rings (SSSR count). The van der Waals surface area contributed by atoms with E-state index in [2.05, 4.69) is 4.72 Å². The first kappa shape index (κ1) is 17.4. The molecule has 0 spiro atoms. The van der Waals surface area contributed by atoms with Crippen molar-refractivity contribution in [2.75, 3.05) is 4.72 Å². The van der Waals surface area contributed by atoms with Crippen LogP contribution in [0.15, 0.2) is 58.3 Å². The molecule has 0 fully saturated rings. The Hall–Kier alpha value is -1.93. The first-order valence-electron chi connectivity index (χ1n) is 6.46. The number of Topliss-reactive ketones (excluding diaryl/α,β-unsaturated/α-hetero) is 1. The molecule has 0 atom stereocenters. The van der Waals surface area contributed by atoms with E-state index in [-0.39, 0.29) is 16.4 Å². The number of halogens is 2. The maximum Gasteiger partial charge on any atom is 0.288 e. The zero-order chi connectivity index (χ0) is 17.0. The Bertz CT molecular complexity index is 788. The van der Waals surface area contributed by atoms with Gasteiger partial charge in [-0.05, 0) is 43.3 Å². The van der Waals surface area contributed by atoms with Crippen LogP contribution in [0.5, 0.6) is 0 Å². The molecule has 4 nitrogen and oxygen atoms in total. The van der Waals surface area contributed by atoms with E-state index in [9.17, 15) is 22.0 Å². The van der Waals surface area contributed by atoms with Gasteiger partial charge in [0, 0.05) is 16.1 Å². The second kappa shape index (κ2) is 7.10. The normalized spacial score (nSPS) is 11.5. The Kier molecular flexibility index (Phi) is 5.38. The van der Waals surface area contributed by atoms with Crippen molar-refractivity contribution in [1.29, 1.82) is 0 Å². The summed E-state index contributed by atoms with van der Waals surface area (Å²) in [6.45, 7) is 1.39. The molecule has 0 unspecified atom stereocenters. The lowest BCUT2D eigenvalue weighted by Crippen LogP contribution is -2.13. The highest BCUT2D eigenvalue weighted by Crippen LogP contribution is 2.26. The van der Waals surface area contributed by atoms with Gasteiger partial charge in [-0.25, -0.2) is 8.42 Å². The number of anilines is 1. The van der Waals surface area contributed by atoms with Crippen LogP contribution in [0, 0.1) is 0 Å². The van der Waals surface area contributed by atoms with Crippen LogP contribution in [0.4, 0.5) is 14.5 Å². The fraction of sp³-hybridized carbons (Fsp3) is 0.133. The van der Waals surface area contributed by atoms with Gasteiger partial charge in [-0.2, -0.15) is 8.78 Å². The largest absolute Gasteiger partial charge is 0.295 e. The number of carbonyl (C=O) groups excluding carboxylic acids is 1. The summed E-state index contributed by atoms with van der Waals surface area (Å²) in [5, 5.41) is 0. The maximum absolute atomic E-state index is 12.2. The third kappa shape index (κ3) is 4.77. The molecule has 2 aromatic carbocycles. The molecule has 0 aromatic heterocycles. The summed E-state index contributed by atoms with van der Waals surface area (Å²) >= 11 is 0.383. The van der Waals surface area contributed by atoms with Crippen LogP contribution in [-0.2, 0) is 10.0 Å². The summed E-state index contributed by atoms with van der Waals surface area (Å²) in [4.78, 5) is 11.5. The third-order valence-electron chi connectivity index (χ3n) is 2.90. The number of alkyl halides is 2. The van der Waals surface area contributed by atoms with Gasteiger partial charge in [0.2, 0.25) is 0 Å². The van der Waals surface area contributed by atoms with Crippen molar-refractivity contribution in [3.63, 3.8) is 0 Å². The Morgan fingerprint density at radius 1 is 1.04 bits per heavy atom. The molecule has 0 aliphatic rings. The van der Waals surface area contributed by atoms with Crippen LogP contribution in [-0.4, -0.2) is 20.0 Å². The number of hydrogen-bond acceptors (Lipinski definition) is 4. The van der Waals surface area contributed by atoms with Crippen molar-refractivity contribution in [2.24, 2.45) is 0 Å². The molecule has 0 heterocycles. The molecule has 0 bridgehead atoms. The van der Waals surface area contributed by atoms with Crippen molar-refractivity contribution in [3.8, 4) is 0 Å². The van der Waals surface area contributed by atoms with Gasteiger partial charge in [0.15, 0.2) is 5.78 Å². The van der Waals surface area contributed by atoms with Crippen molar-refractivity contribution in [1.82, 2.24) is 0 Å². The molecule has 23 heavy (non-hydrogen) atoms. The van der Waals surface area contributed by atoms with Crippen molar-refractivity contribution < 1.29 is 22.0 Å². The van der Waals surface area contributed by atoms with Gasteiger partial charge < -0.3 is 0 Å².